The van der Waals surface area contributed by atoms with Crippen LogP contribution in [0.1, 0.15) is 66.2 Å². The van der Waals surface area contributed by atoms with Crippen LogP contribution in [0.5, 0.6) is 0 Å². The van der Waals surface area contributed by atoms with Gasteiger partial charge in [0.25, 0.3) is 5.91 Å². The average Bonchev–Trinajstić information content (AvgIpc) is 2.76. The summed E-state index contributed by atoms with van der Waals surface area (Å²) >= 11 is 0. The number of amides is 4. The van der Waals surface area contributed by atoms with Crippen LogP contribution in [0, 0.1) is 11.8 Å². The fourth-order valence-electron chi connectivity index (χ4n) is 3.95. The highest BCUT2D eigenvalue weighted by molar-refractivity contribution is 6.07. The van der Waals surface area contributed by atoms with E-state index in [0.717, 1.165) is 37.4 Å². The predicted molar refractivity (Wildman–Crippen MR) is 100 cm³/mol. The van der Waals surface area contributed by atoms with Crippen LogP contribution in [-0.4, -0.2) is 52.9 Å². The zero-order chi connectivity index (χ0) is 19.3. The molecule has 2 fully saturated rings. The first-order valence-electron chi connectivity index (χ1n) is 9.92. The lowest BCUT2D eigenvalue weighted by molar-refractivity contribution is -0.140. The van der Waals surface area contributed by atoms with Crippen molar-refractivity contribution < 1.29 is 14.4 Å². The summed E-state index contributed by atoms with van der Waals surface area (Å²) in [5, 5.41) is 3.70. The molecule has 2 aliphatic rings. The Balaban J connectivity index is 1.88. The van der Waals surface area contributed by atoms with Gasteiger partial charge in [0.2, 0.25) is 5.91 Å². The van der Waals surface area contributed by atoms with Gasteiger partial charge in [-0.2, -0.15) is 5.01 Å². The van der Waals surface area contributed by atoms with Crippen molar-refractivity contribution >= 4 is 17.8 Å². The molecule has 2 N–H and O–H groups in total. The Kier molecular flexibility index (Phi) is 7.03. The minimum Gasteiger partial charge on any atom is -0.322 e. The molecule has 0 atom stereocenters. The third-order valence-electron chi connectivity index (χ3n) is 5.01. The van der Waals surface area contributed by atoms with Crippen molar-refractivity contribution in [1.82, 2.24) is 20.7 Å². The number of hydrogen-bond acceptors (Lipinski definition) is 4. The first kappa shape index (κ1) is 20.7. The normalized spacial score (nSPS) is 19.7. The lowest BCUT2D eigenvalue weighted by Gasteiger charge is -2.30. The van der Waals surface area contributed by atoms with E-state index in [4.69, 9.17) is 0 Å². The van der Waals surface area contributed by atoms with Gasteiger partial charge in [-0.25, -0.2) is 4.79 Å². The van der Waals surface area contributed by atoms with Crippen molar-refractivity contribution in [3.8, 4) is 0 Å². The Morgan fingerprint density at radius 2 is 1.69 bits per heavy atom. The van der Waals surface area contributed by atoms with Crippen LogP contribution in [0.25, 0.3) is 0 Å². The van der Waals surface area contributed by atoms with E-state index in [9.17, 15) is 14.4 Å². The van der Waals surface area contributed by atoms with Crippen LogP contribution in [0.4, 0.5) is 4.79 Å². The smallest absolute Gasteiger partial charge is 0.322 e. The molecule has 0 unspecified atom stereocenters. The summed E-state index contributed by atoms with van der Waals surface area (Å²) < 4.78 is 0. The molecule has 1 saturated heterocycles. The number of carbonyl (C=O) groups excluding carboxylic acids is 3. The van der Waals surface area contributed by atoms with Gasteiger partial charge < -0.3 is 10.2 Å². The SMILES string of the molecule is CC(C)CN(CCC(=O)NN1C(=O)NC2(CCCCC2)C1=O)CC(C)C. The Morgan fingerprint density at radius 3 is 2.23 bits per heavy atom. The molecule has 0 aromatic carbocycles. The van der Waals surface area contributed by atoms with E-state index in [1.54, 1.807) is 0 Å². The van der Waals surface area contributed by atoms with Gasteiger partial charge in [-0.1, -0.05) is 47.0 Å². The number of urea groups is 1. The molecule has 2 rings (SSSR count). The highest BCUT2D eigenvalue weighted by Gasteiger charge is 2.52. The first-order valence-corrected chi connectivity index (χ1v) is 9.92. The molecule has 1 heterocycles. The summed E-state index contributed by atoms with van der Waals surface area (Å²) in [5.74, 6) is 0.443. The number of carbonyl (C=O) groups is 3. The summed E-state index contributed by atoms with van der Waals surface area (Å²) in [6.45, 7) is 11.1. The molecular formula is C19H34N4O3. The summed E-state index contributed by atoms with van der Waals surface area (Å²) in [6.07, 6.45) is 4.50. The lowest BCUT2D eigenvalue weighted by atomic mass is 9.82. The van der Waals surface area contributed by atoms with Crippen molar-refractivity contribution in [2.45, 2.75) is 71.8 Å². The van der Waals surface area contributed by atoms with Crippen molar-refractivity contribution in [1.29, 1.82) is 0 Å². The molecule has 26 heavy (non-hydrogen) atoms. The molecule has 1 aliphatic heterocycles. The van der Waals surface area contributed by atoms with Gasteiger partial charge in [-0.3, -0.25) is 15.0 Å². The maximum Gasteiger partial charge on any atom is 0.344 e. The molecule has 0 aromatic rings. The lowest BCUT2D eigenvalue weighted by Crippen LogP contribution is -2.51. The third-order valence-corrected chi connectivity index (χ3v) is 5.01. The van der Waals surface area contributed by atoms with Crippen LogP contribution in [0.15, 0.2) is 0 Å². The highest BCUT2D eigenvalue weighted by Crippen LogP contribution is 2.32. The van der Waals surface area contributed by atoms with Gasteiger partial charge in [0.1, 0.15) is 5.54 Å². The zero-order valence-electron chi connectivity index (χ0n) is 16.6. The fraction of sp³-hybridized carbons (Fsp3) is 0.842. The Labute approximate surface area is 156 Å². The van der Waals surface area contributed by atoms with Gasteiger partial charge in [0.15, 0.2) is 0 Å². The summed E-state index contributed by atoms with van der Waals surface area (Å²) in [7, 11) is 0. The van der Waals surface area contributed by atoms with Crippen molar-refractivity contribution in [3.05, 3.63) is 0 Å². The van der Waals surface area contributed by atoms with Gasteiger partial charge in [-0.05, 0) is 24.7 Å². The molecular weight excluding hydrogens is 332 g/mol. The van der Waals surface area contributed by atoms with Gasteiger partial charge in [-0.15, -0.1) is 0 Å². The quantitative estimate of drug-likeness (QED) is 0.646. The van der Waals surface area contributed by atoms with E-state index < -0.39 is 11.6 Å². The van der Waals surface area contributed by atoms with Crippen LogP contribution >= 0.6 is 0 Å². The number of hydrazine groups is 1. The van der Waals surface area contributed by atoms with Crippen LogP contribution in [-0.2, 0) is 9.59 Å². The minimum atomic E-state index is -0.802. The largest absolute Gasteiger partial charge is 0.344 e. The number of nitrogens with one attached hydrogen (secondary N) is 2. The maximum atomic E-state index is 12.7. The third kappa shape index (κ3) is 5.19. The molecule has 1 saturated carbocycles. The maximum absolute atomic E-state index is 12.7. The molecule has 148 valence electrons. The van der Waals surface area contributed by atoms with E-state index in [2.05, 4.69) is 43.3 Å². The summed E-state index contributed by atoms with van der Waals surface area (Å²) in [5.41, 5.74) is 1.72. The van der Waals surface area contributed by atoms with E-state index in [1.807, 2.05) is 0 Å². The zero-order valence-corrected chi connectivity index (χ0v) is 16.6. The second-order valence-corrected chi connectivity index (χ2v) is 8.55. The number of nitrogens with zero attached hydrogens (tertiary/aromatic N) is 2. The molecule has 1 aliphatic carbocycles. The van der Waals surface area contributed by atoms with Gasteiger partial charge in [0.05, 0.1) is 0 Å². The highest BCUT2D eigenvalue weighted by atomic mass is 16.2. The number of rotatable bonds is 8. The van der Waals surface area contributed by atoms with E-state index in [0.29, 0.717) is 31.2 Å². The van der Waals surface area contributed by atoms with E-state index in [-0.39, 0.29) is 18.2 Å². The second-order valence-electron chi connectivity index (χ2n) is 8.55. The summed E-state index contributed by atoms with van der Waals surface area (Å²) in [4.78, 5) is 39.5. The molecule has 1 spiro atoms. The second kappa shape index (κ2) is 8.84. The summed E-state index contributed by atoms with van der Waals surface area (Å²) in [6, 6.07) is -0.508. The number of hydrogen-bond donors (Lipinski definition) is 2. The van der Waals surface area contributed by atoms with Crippen molar-refractivity contribution in [3.63, 3.8) is 0 Å². The van der Waals surface area contributed by atoms with Crippen molar-refractivity contribution in [2.75, 3.05) is 19.6 Å². The fourth-order valence-corrected chi connectivity index (χ4v) is 3.95. The standard InChI is InChI=1S/C19H34N4O3/c1-14(2)12-22(13-15(3)4)11-8-16(24)21-23-17(25)19(20-18(23)26)9-6-5-7-10-19/h14-15H,5-13H2,1-4H3,(H,20,26)(H,21,24). The van der Waals surface area contributed by atoms with Gasteiger partial charge in [0, 0.05) is 26.1 Å². The number of imide groups is 1. The Hall–Kier alpha value is -1.63. The molecule has 0 aromatic heterocycles. The first-order chi connectivity index (χ1) is 12.2. The monoisotopic (exact) mass is 366 g/mol. The molecule has 0 bridgehead atoms. The predicted octanol–water partition coefficient (Wildman–Crippen LogP) is 2.28. The Morgan fingerprint density at radius 1 is 1.12 bits per heavy atom. The molecule has 0 radical (unpaired) electrons. The minimum absolute atomic E-state index is 0.267. The Bertz CT molecular complexity index is 517. The van der Waals surface area contributed by atoms with Crippen molar-refractivity contribution in [2.24, 2.45) is 11.8 Å². The van der Waals surface area contributed by atoms with E-state index >= 15 is 0 Å². The van der Waals surface area contributed by atoms with Crippen LogP contribution < -0.4 is 10.7 Å². The molecule has 7 heteroatoms. The van der Waals surface area contributed by atoms with Gasteiger partial charge >= 0.3 is 6.03 Å². The van der Waals surface area contributed by atoms with Crippen LogP contribution in [0.3, 0.4) is 0 Å². The average molecular weight is 367 g/mol. The molecule has 7 nitrogen and oxygen atoms in total. The molecule has 4 amide bonds. The van der Waals surface area contributed by atoms with E-state index in [1.165, 1.54) is 0 Å². The topological polar surface area (TPSA) is 81.8 Å². The van der Waals surface area contributed by atoms with Crippen LogP contribution in [0.2, 0.25) is 0 Å².